The van der Waals surface area contributed by atoms with Gasteiger partial charge in [-0.1, -0.05) is 12.1 Å². The highest BCUT2D eigenvalue weighted by atomic mass is 16.5. The zero-order valence-corrected chi connectivity index (χ0v) is 13.4. The molecule has 6 nitrogen and oxygen atoms in total. The third-order valence-electron chi connectivity index (χ3n) is 3.33. The average molecular weight is 311 g/mol. The molecule has 0 aliphatic carbocycles. The summed E-state index contributed by atoms with van der Waals surface area (Å²) in [6, 6.07) is 8.07. The Hall–Kier alpha value is -2.63. The van der Waals surface area contributed by atoms with Gasteiger partial charge in [0.25, 0.3) is 5.88 Å². The maximum atomic E-state index is 5.65. The number of ether oxygens (including phenoxy) is 1. The highest BCUT2D eigenvalue weighted by Crippen LogP contribution is 2.18. The summed E-state index contributed by atoms with van der Waals surface area (Å²) in [5.41, 5.74) is 2.09. The number of hydrogen-bond donors (Lipinski definition) is 2. The van der Waals surface area contributed by atoms with E-state index in [2.05, 4.69) is 25.3 Å². The van der Waals surface area contributed by atoms with Crippen LogP contribution in [0.4, 0.5) is 5.82 Å². The van der Waals surface area contributed by atoms with Crippen LogP contribution in [0.15, 0.2) is 36.7 Å². The van der Waals surface area contributed by atoms with E-state index in [0.29, 0.717) is 11.7 Å². The number of hydrogen-bond acceptors (Lipinski definition) is 5. The number of nitrogens with one attached hydrogen (secondary N) is 2. The van der Waals surface area contributed by atoms with Crippen molar-refractivity contribution in [2.45, 2.75) is 32.8 Å². The summed E-state index contributed by atoms with van der Waals surface area (Å²) in [5.74, 6) is 2.24. The fourth-order valence-electron chi connectivity index (χ4n) is 2.34. The number of anilines is 1. The van der Waals surface area contributed by atoms with E-state index in [1.807, 2.05) is 38.1 Å². The van der Waals surface area contributed by atoms with E-state index in [4.69, 9.17) is 4.74 Å². The molecule has 0 aliphatic rings. The quantitative estimate of drug-likeness (QED) is 0.655. The Balaban J connectivity index is 1.53. The Kier molecular flexibility index (Phi) is 4.71. The normalized spacial score (nSPS) is 11.1. The maximum Gasteiger partial charge on any atom is 0.257 e. The van der Waals surface area contributed by atoms with E-state index >= 15 is 0 Å². The minimum atomic E-state index is 0.0720. The third kappa shape index (κ3) is 3.97. The molecule has 120 valence electrons. The number of para-hydroxylation sites is 2. The van der Waals surface area contributed by atoms with Gasteiger partial charge >= 0.3 is 0 Å². The SMILES string of the molecule is CC(C)Oc1nccnc1NCCCc1nc2ccccc2[nH]1. The number of aromatic amines is 1. The van der Waals surface area contributed by atoms with Crippen molar-refractivity contribution in [1.82, 2.24) is 19.9 Å². The van der Waals surface area contributed by atoms with Crippen molar-refractivity contribution >= 4 is 16.9 Å². The molecule has 0 bridgehead atoms. The Morgan fingerprint density at radius 3 is 2.83 bits per heavy atom. The van der Waals surface area contributed by atoms with E-state index in [1.165, 1.54) is 0 Å². The maximum absolute atomic E-state index is 5.65. The van der Waals surface area contributed by atoms with Gasteiger partial charge in [0, 0.05) is 25.4 Å². The number of fused-ring (bicyclic) bond motifs is 1. The van der Waals surface area contributed by atoms with E-state index < -0.39 is 0 Å². The number of imidazole rings is 1. The van der Waals surface area contributed by atoms with Crippen molar-refractivity contribution in [2.75, 3.05) is 11.9 Å². The lowest BCUT2D eigenvalue weighted by Gasteiger charge is -2.12. The molecule has 0 saturated heterocycles. The molecule has 0 amide bonds. The van der Waals surface area contributed by atoms with Gasteiger partial charge in [0.15, 0.2) is 5.82 Å². The highest BCUT2D eigenvalue weighted by Gasteiger charge is 2.08. The fraction of sp³-hybridized carbons (Fsp3) is 0.353. The van der Waals surface area contributed by atoms with E-state index in [-0.39, 0.29) is 6.10 Å². The van der Waals surface area contributed by atoms with Crippen molar-refractivity contribution < 1.29 is 4.74 Å². The Morgan fingerprint density at radius 1 is 1.17 bits per heavy atom. The molecule has 2 heterocycles. The van der Waals surface area contributed by atoms with Gasteiger partial charge in [-0.25, -0.2) is 15.0 Å². The molecule has 0 unspecified atom stereocenters. The number of benzene rings is 1. The highest BCUT2D eigenvalue weighted by molar-refractivity contribution is 5.74. The minimum Gasteiger partial charge on any atom is -0.472 e. The molecule has 0 spiro atoms. The smallest absolute Gasteiger partial charge is 0.257 e. The molecule has 2 N–H and O–H groups in total. The predicted molar refractivity (Wildman–Crippen MR) is 90.7 cm³/mol. The van der Waals surface area contributed by atoms with Crippen molar-refractivity contribution in [1.29, 1.82) is 0 Å². The lowest BCUT2D eigenvalue weighted by atomic mass is 10.3. The number of aromatic nitrogens is 4. The zero-order chi connectivity index (χ0) is 16.1. The topological polar surface area (TPSA) is 75.7 Å². The second-order valence-corrected chi connectivity index (χ2v) is 5.61. The van der Waals surface area contributed by atoms with Crippen LogP contribution in [0.25, 0.3) is 11.0 Å². The van der Waals surface area contributed by atoms with E-state index in [1.54, 1.807) is 12.4 Å². The van der Waals surface area contributed by atoms with Crippen LogP contribution in [0, 0.1) is 0 Å². The predicted octanol–water partition coefficient (Wildman–Crippen LogP) is 3.18. The molecule has 3 aromatic rings. The Labute approximate surface area is 135 Å². The summed E-state index contributed by atoms with van der Waals surface area (Å²) >= 11 is 0. The zero-order valence-electron chi connectivity index (χ0n) is 13.4. The molecule has 23 heavy (non-hydrogen) atoms. The summed E-state index contributed by atoms with van der Waals surface area (Å²) in [6.07, 6.45) is 5.19. The first-order valence-electron chi connectivity index (χ1n) is 7.87. The van der Waals surface area contributed by atoms with Gasteiger partial charge in [-0.15, -0.1) is 0 Å². The monoisotopic (exact) mass is 311 g/mol. The van der Waals surface area contributed by atoms with Gasteiger partial charge in [0.1, 0.15) is 5.82 Å². The summed E-state index contributed by atoms with van der Waals surface area (Å²) in [7, 11) is 0. The van der Waals surface area contributed by atoms with Crippen molar-refractivity contribution in [3.63, 3.8) is 0 Å². The summed E-state index contributed by atoms with van der Waals surface area (Å²) in [5, 5.41) is 3.28. The van der Waals surface area contributed by atoms with E-state index in [9.17, 15) is 0 Å². The fourth-order valence-corrected chi connectivity index (χ4v) is 2.34. The van der Waals surface area contributed by atoms with Crippen LogP contribution < -0.4 is 10.1 Å². The lowest BCUT2D eigenvalue weighted by Crippen LogP contribution is -2.12. The first-order valence-corrected chi connectivity index (χ1v) is 7.87. The average Bonchev–Trinajstić information content (AvgIpc) is 2.95. The summed E-state index contributed by atoms with van der Waals surface area (Å²) < 4.78 is 5.65. The van der Waals surface area contributed by atoms with Gasteiger partial charge in [-0.2, -0.15) is 0 Å². The molecule has 6 heteroatoms. The standard InChI is InChI=1S/C17H21N5O/c1-12(2)23-17-16(19-10-11-20-17)18-9-5-8-15-21-13-6-3-4-7-14(13)22-15/h3-4,6-7,10-12H,5,8-9H2,1-2H3,(H,18,19)(H,21,22). The second kappa shape index (κ2) is 7.09. The molecular weight excluding hydrogens is 290 g/mol. The summed E-state index contributed by atoms with van der Waals surface area (Å²) in [4.78, 5) is 16.4. The first kappa shape index (κ1) is 15.3. The van der Waals surface area contributed by atoms with Crippen LogP contribution in [0.1, 0.15) is 26.1 Å². The molecule has 0 saturated carbocycles. The van der Waals surface area contributed by atoms with Gasteiger partial charge in [0.2, 0.25) is 0 Å². The van der Waals surface area contributed by atoms with Crippen LogP contribution in [-0.4, -0.2) is 32.6 Å². The van der Waals surface area contributed by atoms with Gasteiger partial charge in [-0.05, 0) is 32.4 Å². The van der Waals surface area contributed by atoms with Crippen LogP contribution in [0.3, 0.4) is 0 Å². The molecule has 2 aromatic heterocycles. The van der Waals surface area contributed by atoms with E-state index in [0.717, 1.165) is 36.2 Å². The third-order valence-corrected chi connectivity index (χ3v) is 3.33. The Morgan fingerprint density at radius 2 is 2.00 bits per heavy atom. The Bertz CT molecular complexity index is 735. The molecule has 0 fully saturated rings. The van der Waals surface area contributed by atoms with Gasteiger partial charge < -0.3 is 15.0 Å². The van der Waals surface area contributed by atoms with Gasteiger partial charge in [0.05, 0.1) is 17.1 Å². The first-order chi connectivity index (χ1) is 11.2. The lowest BCUT2D eigenvalue weighted by molar-refractivity contribution is 0.233. The van der Waals surface area contributed by atoms with Crippen LogP contribution in [0.5, 0.6) is 5.88 Å². The molecule has 3 rings (SSSR count). The van der Waals surface area contributed by atoms with Crippen LogP contribution in [-0.2, 0) is 6.42 Å². The van der Waals surface area contributed by atoms with Crippen molar-refractivity contribution in [3.8, 4) is 5.88 Å². The van der Waals surface area contributed by atoms with Gasteiger partial charge in [-0.3, -0.25) is 0 Å². The van der Waals surface area contributed by atoms with Crippen molar-refractivity contribution in [2.24, 2.45) is 0 Å². The number of aryl methyl sites for hydroxylation is 1. The second-order valence-electron chi connectivity index (χ2n) is 5.61. The summed E-state index contributed by atoms with van der Waals surface area (Å²) in [6.45, 7) is 4.73. The molecular formula is C17H21N5O. The number of nitrogens with zero attached hydrogens (tertiary/aromatic N) is 3. The number of H-pyrrole nitrogens is 1. The molecule has 0 radical (unpaired) electrons. The molecule has 1 aromatic carbocycles. The van der Waals surface area contributed by atoms with Crippen LogP contribution >= 0.6 is 0 Å². The number of rotatable bonds is 7. The largest absolute Gasteiger partial charge is 0.472 e. The minimum absolute atomic E-state index is 0.0720. The molecule has 0 atom stereocenters. The van der Waals surface area contributed by atoms with Crippen LogP contribution in [0.2, 0.25) is 0 Å². The van der Waals surface area contributed by atoms with Crippen molar-refractivity contribution in [3.05, 3.63) is 42.5 Å². The molecule has 0 aliphatic heterocycles.